The number of benzene rings is 3. The first-order valence-electron chi connectivity index (χ1n) is 12.0. The van der Waals surface area contributed by atoms with Gasteiger partial charge in [0.2, 0.25) is 11.8 Å². The molecule has 0 N–H and O–H groups in total. The lowest BCUT2D eigenvalue weighted by Crippen LogP contribution is -2.44. The van der Waals surface area contributed by atoms with Crippen LogP contribution in [0.1, 0.15) is 27.5 Å². The van der Waals surface area contributed by atoms with E-state index in [0.717, 1.165) is 11.1 Å². The number of Topliss-reactive ketones (excluding diaryl/α,β-unsaturated/α-hetero) is 1. The molecule has 4 atom stereocenters. The fourth-order valence-corrected chi connectivity index (χ4v) is 6.00. The van der Waals surface area contributed by atoms with Crippen LogP contribution in [0, 0.1) is 11.8 Å². The Labute approximate surface area is 217 Å². The second-order valence-electron chi connectivity index (χ2n) is 9.41. The lowest BCUT2D eigenvalue weighted by molar-refractivity contribution is -0.124. The van der Waals surface area contributed by atoms with Gasteiger partial charge in [0.05, 0.1) is 29.8 Å². The first-order chi connectivity index (χ1) is 18.0. The van der Waals surface area contributed by atoms with Crippen molar-refractivity contribution in [3.63, 3.8) is 0 Å². The summed E-state index contributed by atoms with van der Waals surface area (Å²) in [7, 11) is 0. The Kier molecular flexibility index (Phi) is 4.87. The largest absolute Gasteiger partial charge is 0.486 e. The molecular formula is C28H20ClN3O5. The molecule has 0 spiro atoms. The van der Waals surface area contributed by atoms with Crippen LogP contribution in [0.4, 0.5) is 5.69 Å². The van der Waals surface area contributed by atoms with Crippen LogP contribution in [0.3, 0.4) is 0 Å². The second-order valence-corrected chi connectivity index (χ2v) is 9.84. The number of hydrogen-bond acceptors (Lipinski definition) is 7. The monoisotopic (exact) mass is 513 g/mol. The predicted molar refractivity (Wildman–Crippen MR) is 135 cm³/mol. The number of anilines is 1. The van der Waals surface area contributed by atoms with E-state index in [2.05, 4.69) is 5.10 Å². The van der Waals surface area contributed by atoms with E-state index < -0.39 is 29.8 Å². The number of amides is 2. The molecule has 0 aliphatic carbocycles. The number of nitrogens with zero attached hydrogens (tertiary/aromatic N) is 3. The molecule has 9 heteroatoms. The summed E-state index contributed by atoms with van der Waals surface area (Å²) in [6.45, 7) is 0.817. The Morgan fingerprint density at radius 1 is 0.892 bits per heavy atom. The van der Waals surface area contributed by atoms with Gasteiger partial charge in [-0.25, -0.2) is 4.90 Å². The molecule has 2 amide bonds. The van der Waals surface area contributed by atoms with Gasteiger partial charge >= 0.3 is 0 Å². The van der Waals surface area contributed by atoms with Crippen LogP contribution in [-0.2, 0) is 9.59 Å². The number of rotatable bonds is 3. The van der Waals surface area contributed by atoms with Crippen LogP contribution in [0.5, 0.6) is 11.5 Å². The lowest BCUT2D eigenvalue weighted by Gasteiger charge is -2.33. The second kappa shape index (κ2) is 8.18. The van der Waals surface area contributed by atoms with Crippen molar-refractivity contribution in [1.29, 1.82) is 0 Å². The van der Waals surface area contributed by atoms with Crippen LogP contribution in [0.15, 0.2) is 71.8 Å². The highest BCUT2D eigenvalue weighted by atomic mass is 35.5. The Hall–Kier alpha value is -4.17. The molecule has 7 rings (SSSR count). The minimum Gasteiger partial charge on any atom is -0.486 e. The predicted octanol–water partition coefficient (Wildman–Crippen LogP) is 3.87. The van der Waals surface area contributed by atoms with Crippen LogP contribution in [0.2, 0.25) is 5.02 Å². The number of fused-ring (bicyclic) bond motifs is 6. The number of imide groups is 1. The molecule has 0 bridgehead atoms. The molecule has 0 radical (unpaired) electrons. The zero-order chi connectivity index (χ0) is 25.3. The van der Waals surface area contributed by atoms with E-state index in [9.17, 15) is 14.4 Å². The maximum atomic E-state index is 14.0. The Bertz CT molecular complexity index is 1500. The summed E-state index contributed by atoms with van der Waals surface area (Å²) in [6, 6.07) is 17.7. The van der Waals surface area contributed by atoms with Gasteiger partial charge in [-0.3, -0.25) is 19.4 Å². The first-order valence-corrected chi connectivity index (χ1v) is 12.4. The lowest BCUT2D eigenvalue weighted by atomic mass is 9.83. The third-order valence-electron chi connectivity index (χ3n) is 7.47. The molecule has 0 unspecified atom stereocenters. The van der Waals surface area contributed by atoms with Gasteiger partial charge in [0.25, 0.3) is 0 Å². The molecule has 2 fully saturated rings. The molecule has 4 aliphatic heterocycles. The van der Waals surface area contributed by atoms with Crippen molar-refractivity contribution < 1.29 is 23.9 Å². The van der Waals surface area contributed by atoms with E-state index >= 15 is 0 Å². The molecule has 184 valence electrons. The number of hydrazone groups is 1. The molecule has 4 heterocycles. The number of carbonyl (C=O) groups is 3. The smallest absolute Gasteiger partial charge is 0.240 e. The van der Waals surface area contributed by atoms with Crippen molar-refractivity contribution in [1.82, 2.24) is 5.01 Å². The summed E-state index contributed by atoms with van der Waals surface area (Å²) in [5, 5.41) is 6.73. The minimum atomic E-state index is -0.945. The zero-order valence-corrected chi connectivity index (χ0v) is 20.2. The van der Waals surface area contributed by atoms with Crippen molar-refractivity contribution in [2.24, 2.45) is 16.9 Å². The third-order valence-corrected chi connectivity index (χ3v) is 7.73. The fourth-order valence-electron chi connectivity index (χ4n) is 5.88. The average molecular weight is 514 g/mol. The van der Waals surface area contributed by atoms with E-state index in [-0.39, 0.29) is 11.7 Å². The van der Waals surface area contributed by atoms with Gasteiger partial charge in [0, 0.05) is 16.7 Å². The van der Waals surface area contributed by atoms with Crippen LogP contribution in [0.25, 0.3) is 0 Å². The van der Waals surface area contributed by atoms with E-state index in [1.165, 1.54) is 4.90 Å². The van der Waals surface area contributed by atoms with Crippen molar-refractivity contribution in [3.8, 4) is 11.5 Å². The molecule has 2 saturated heterocycles. The number of hydrogen-bond donors (Lipinski definition) is 0. The first kappa shape index (κ1) is 22.1. The van der Waals surface area contributed by atoms with Crippen molar-refractivity contribution in [2.45, 2.75) is 12.1 Å². The van der Waals surface area contributed by atoms with Crippen molar-refractivity contribution in [2.75, 3.05) is 18.1 Å². The van der Waals surface area contributed by atoms with E-state index in [0.29, 0.717) is 41.0 Å². The molecule has 0 aromatic heterocycles. The Morgan fingerprint density at radius 2 is 1.62 bits per heavy atom. The zero-order valence-electron chi connectivity index (χ0n) is 19.4. The van der Waals surface area contributed by atoms with Crippen molar-refractivity contribution in [3.05, 3.63) is 88.4 Å². The Balaban J connectivity index is 1.35. The molecule has 8 nitrogen and oxygen atoms in total. The molecule has 3 aromatic rings. The number of halogens is 1. The average Bonchev–Trinajstić information content (AvgIpc) is 3.40. The Morgan fingerprint density at radius 3 is 2.43 bits per heavy atom. The molecule has 4 aliphatic rings. The highest BCUT2D eigenvalue weighted by Gasteiger charge is 2.65. The summed E-state index contributed by atoms with van der Waals surface area (Å²) >= 11 is 6.04. The molecular weight excluding hydrogens is 494 g/mol. The van der Waals surface area contributed by atoms with Gasteiger partial charge in [-0.15, -0.1) is 0 Å². The summed E-state index contributed by atoms with van der Waals surface area (Å²) in [6.07, 6.45) is 1.68. The maximum absolute atomic E-state index is 14.0. The van der Waals surface area contributed by atoms with Crippen LogP contribution in [-0.4, -0.2) is 48.1 Å². The van der Waals surface area contributed by atoms with Crippen LogP contribution >= 0.6 is 11.6 Å². The van der Waals surface area contributed by atoms with Gasteiger partial charge in [-0.1, -0.05) is 35.9 Å². The normalized spacial score (nSPS) is 25.1. The van der Waals surface area contributed by atoms with Gasteiger partial charge in [-0.2, -0.15) is 5.10 Å². The standard InChI is InChI=1S/C28H20ClN3O5/c29-17-7-5-15(6-8-17)26(33)25-23-22(24-19-4-2-1-3-16(19)14-30-32(24)25)27(34)31(28(23)35)18-9-10-20-21(13-18)37-12-11-36-20/h1-10,13-14,22-25H,11-12H2/t22-,23-,24-,25+/m0/s1. The van der Waals surface area contributed by atoms with Gasteiger partial charge in [-0.05, 0) is 47.5 Å². The quantitative estimate of drug-likeness (QED) is 0.390. The fraction of sp³-hybridized carbons (Fsp3) is 0.214. The van der Waals surface area contributed by atoms with Gasteiger partial charge in [0.1, 0.15) is 19.3 Å². The maximum Gasteiger partial charge on any atom is 0.240 e. The topological polar surface area (TPSA) is 88.5 Å². The van der Waals surface area contributed by atoms with E-state index in [4.69, 9.17) is 21.1 Å². The summed E-state index contributed by atoms with van der Waals surface area (Å²) in [4.78, 5) is 43.1. The molecule has 37 heavy (non-hydrogen) atoms. The number of carbonyl (C=O) groups excluding carboxylic acids is 3. The van der Waals surface area contributed by atoms with Crippen LogP contribution < -0.4 is 14.4 Å². The highest BCUT2D eigenvalue weighted by molar-refractivity contribution is 6.30. The van der Waals surface area contributed by atoms with E-state index in [1.54, 1.807) is 53.7 Å². The SMILES string of the molecule is O=C(c1ccc(Cl)cc1)[C@H]1[C@H]2C(=O)N(c3ccc4c(c3)OCCO4)C(=O)[C@@H]2[C@@H]2c3ccccc3C=NN12. The van der Waals surface area contributed by atoms with E-state index in [1.807, 2.05) is 24.3 Å². The molecule has 3 aromatic carbocycles. The molecule has 0 saturated carbocycles. The number of ketones is 1. The van der Waals surface area contributed by atoms with Gasteiger partial charge < -0.3 is 9.47 Å². The summed E-state index contributed by atoms with van der Waals surface area (Å²) in [5.41, 5.74) is 2.52. The number of ether oxygens (including phenoxy) is 2. The summed E-state index contributed by atoms with van der Waals surface area (Å²) < 4.78 is 11.3. The minimum absolute atomic E-state index is 0.282. The van der Waals surface area contributed by atoms with Gasteiger partial charge in [0.15, 0.2) is 17.3 Å². The highest BCUT2D eigenvalue weighted by Crippen LogP contribution is 2.53. The van der Waals surface area contributed by atoms with Crippen molar-refractivity contribution >= 4 is 41.1 Å². The third kappa shape index (κ3) is 3.22. The summed E-state index contributed by atoms with van der Waals surface area (Å²) in [5.74, 6) is -1.72.